The third kappa shape index (κ3) is 21.9. The van der Waals surface area contributed by atoms with Crippen LogP contribution in [-0.4, -0.2) is 214 Å². The zero-order valence-corrected chi connectivity index (χ0v) is 62.5. The molecule has 5 aromatic carbocycles. The summed E-state index contributed by atoms with van der Waals surface area (Å²) in [6.07, 6.45) is -3.39. The number of Topliss-reactive ketones (excluding diaryl/α,β-unsaturated/α-hetero) is 1. The van der Waals surface area contributed by atoms with Crippen LogP contribution in [0.4, 0.5) is 11.4 Å². The number of carbonyl (C=O) groups is 7. The van der Waals surface area contributed by atoms with Gasteiger partial charge in [-0.05, 0) is 109 Å². The number of benzene rings is 5. The molecule has 580 valence electrons. The first-order valence-corrected chi connectivity index (χ1v) is 36.3. The molecule has 0 spiro atoms. The van der Waals surface area contributed by atoms with E-state index in [1.807, 2.05) is 32.3 Å². The lowest BCUT2D eigenvalue weighted by atomic mass is 9.98. The van der Waals surface area contributed by atoms with Gasteiger partial charge in [0.1, 0.15) is 44.8 Å². The summed E-state index contributed by atoms with van der Waals surface area (Å²) in [6.45, 7) is 15.1. The second-order valence-electron chi connectivity index (χ2n) is 26.9. The van der Waals surface area contributed by atoms with Crippen LogP contribution in [0.1, 0.15) is 107 Å². The highest BCUT2D eigenvalue weighted by Crippen LogP contribution is 2.42. The van der Waals surface area contributed by atoms with Crippen LogP contribution in [0, 0.1) is 0 Å². The molecule has 5 aromatic rings. The van der Waals surface area contributed by atoms with Gasteiger partial charge in [0, 0.05) is 107 Å². The molecular formula is C76H87N8O24S+. The van der Waals surface area contributed by atoms with Gasteiger partial charge in [0.15, 0.2) is 52.5 Å². The lowest BCUT2D eigenvalue weighted by Crippen LogP contribution is -2.63. The normalized spacial score (nSPS) is 19.2. The number of ether oxygens (including phenoxy) is 13. The largest absolute Gasteiger partial charge is 0.501 e. The van der Waals surface area contributed by atoms with Gasteiger partial charge in [0.2, 0.25) is 12.4 Å². The molecule has 3 fully saturated rings. The molecule has 0 saturated carbocycles. The van der Waals surface area contributed by atoms with Crippen molar-refractivity contribution in [1.82, 2.24) is 9.80 Å². The Hall–Kier alpha value is -10.9. The average Bonchev–Trinajstić information content (AvgIpc) is 1.73. The summed E-state index contributed by atoms with van der Waals surface area (Å²) in [4.78, 5) is 107. The van der Waals surface area contributed by atoms with Gasteiger partial charge >= 0.3 is 34.3 Å². The Bertz CT molecular complexity index is 4350. The second-order valence-corrected chi connectivity index (χ2v) is 28.0. The van der Waals surface area contributed by atoms with Gasteiger partial charge in [-0.25, -0.2) is 0 Å². The molecule has 5 aliphatic heterocycles. The topological polar surface area (TPSA) is 372 Å². The molecule has 10 rings (SSSR count). The zero-order valence-electron chi connectivity index (χ0n) is 61.7. The Morgan fingerprint density at radius 1 is 0.606 bits per heavy atom. The van der Waals surface area contributed by atoms with E-state index in [0.717, 1.165) is 67.2 Å². The fourth-order valence-electron chi connectivity index (χ4n) is 13.0. The Kier molecular flexibility index (Phi) is 27.2. The maximum Gasteiger partial charge on any atom is 0.501 e. The second kappa shape index (κ2) is 36.8. The molecule has 0 radical (unpaired) electrons. The molecule has 2 amide bonds. The molecule has 33 heteroatoms. The van der Waals surface area contributed by atoms with E-state index < -0.39 is 88.9 Å². The van der Waals surface area contributed by atoms with Crippen molar-refractivity contribution in [2.75, 3.05) is 94.2 Å². The fourth-order valence-corrected chi connectivity index (χ4v) is 13.7. The highest BCUT2D eigenvalue weighted by atomic mass is 32.3. The summed E-state index contributed by atoms with van der Waals surface area (Å²) >= 11 is 0. The first-order valence-electron chi connectivity index (χ1n) is 34.9. The van der Waals surface area contributed by atoms with Crippen LogP contribution < -0.4 is 32.1 Å². The number of nitrogens with zero attached hydrogens (tertiary/aromatic N) is 8. The van der Waals surface area contributed by atoms with Gasteiger partial charge in [-0.1, -0.05) is 29.4 Å². The Balaban J connectivity index is 0.870. The van der Waals surface area contributed by atoms with E-state index in [2.05, 4.69) is 23.2 Å². The van der Waals surface area contributed by atoms with Crippen molar-refractivity contribution < 1.29 is 116 Å². The molecule has 0 N–H and O–H groups in total. The average molecular weight is 1530 g/mol. The minimum atomic E-state index is -5.16. The van der Waals surface area contributed by atoms with E-state index in [1.165, 1.54) is 38.5 Å². The van der Waals surface area contributed by atoms with E-state index in [0.29, 0.717) is 89.0 Å². The third-order valence-electron chi connectivity index (χ3n) is 17.6. The van der Waals surface area contributed by atoms with Crippen molar-refractivity contribution in [3.05, 3.63) is 159 Å². The van der Waals surface area contributed by atoms with Gasteiger partial charge in [-0.3, -0.25) is 43.5 Å². The van der Waals surface area contributed by atoms with E-state index in [-0.39, 0.29) is 107 Å². The predicted molar refractivity (Wildman–Crippen MR) is 390 cm³/mol. The van der Waals surface area contributed by atoms with Crippen molar-refractivity contribution in [1.29, 1.82) is 0 Å². The minimum absolute atomic E-state index is 0.0456. The number of fused-ring (bicyclic) bond motifs is 4. The van der Waals surface area contributed by atoms with Crippen LogP contribution in [0.15, 0.2) is 124 Å². The molecular weight excluding hydrogens is 1440 g/mol. The number of hydrogen-bond donors (Lipinski definition) is 0. The van der Waals surface area contributed by atoms with Crippen LogP contribution >= 0.6 is 0 Å². The molecule has 32 nitrogen and oxygen atoms in total. The third-order valence-corrected chi connectivity index (χ3v) is 18.4. The van der Waals surface area contributed by atoms with Crippen molar-refractivity contribution >= 4 is 75.7 Å². The Labute approximate surface area is 629 Å². The zero-order chi connectivity index (χ0) is 78.1. The van der Waals surface area contributed by atoms with Crippen molar-refractivity contribution in [2.24, 2.45) is 15.1 Å². The molecule has 5 aliphatic rings. The maximum atomic E-state index is 14.2. The molecule has 109 heavy (non-hydrogen) atoms. The number of quaternary nitrogens is 1. The van der Waals surface area contributed by atoms with Crippen LogP contribution in [0.2, 0.25) is 0 Å². The lowest BCUT2D eigenvalue weighted by Gasteiger charge is -2.43. The van der Waals surface area contributed by atoms with Crippen LogP contribution in [0.25, 0.3) is 10.4 Å². The summed E-state index contributed by atoms with van der Waals surface area (Å²) in [7, 11) is 1.85. The number of carbonyl (C=O) groups excluding carboxylic acids is 7. The highest BCUT2D eigenvalue weighted by molar-refractivity contribution is 7.82. The monoisotopic (exact) mass is 1530 g/mol. The van der Waals surface area contributed by atoms with Gasteiger partial charge in [0.05, 0.1) is 95.9 Å². The number of azide groups is 1. The summed E-state index contributed by atoms with van der Waals surface area (Å²) in [5, 5.41) is 3.39. The number of esters is 4. The number of methoxy groups -OCH3 is 2. The Morgan fingerprint density at radius 2 is 1.13 bits per heavy atom. The Morgan fingerprint density at radius 3 is 1.67 bits per heavy atom. The van der Waals surface area contributed by atoms with E-state index in [1.54, 1.807) is 58.6 Å². The molecule has 3 saturated heterocycles. The van der Waals surface area contributed by atoms with Crippen LogP contribution in [-0.2, 0) is 93.8 Å². The molecule has 0 aromatic heterocycles. The molecule has 7 atom stereocenters. The van der Waals surface area contributed by atoms with E-state index >= 15 is 0 Å². The van der Waals surface area contributed by atoms with Gasteiger partial charge in [0.25, 0.3) is 11.8 Å². The SMILES string of the molecule is C=C1C[C@H]2C=Nc3cc(OCc4cc(COc5cc6c(cc5OC)C(=O)N5CC(=C)C[C@H]5C=N6)cc(C[N+](C)(C)Cc5ccc(OS(=O)(=O)Oc6cc(C(=O)CCCOCCOCCOCCN=[N+]=[N-])ccc6OC6O[C@H](COC(C)=O)[C@H](OC(C)=O)[C@H](OC(C)=O)[C@H]6OC(C)=O)cc5)c4)c(OC)cc3C(=O)N2C1. The molecule has 0 aliphatic carbocycles. The first-order chi connectivity index (χ1) is 52.1. The van der Waals surface area contributed by atoms with E-state index in [9.17, 15) is 42.0 Å². The quantitative estimate of drug-likeness (QED) is 0.00411. The van der Waals surface area contributed by atoms with Crippen molar-refractivity contribution in [3.8, 4) is 40.2 Å². The summed E-state index contributed by atoms with van der Waals surface area (Å²) in [5.74, 6) is -4.25. The number of rotatable bonds is 37. The summed E-state index contributed by atoms with van der Waals surface area (Å²) < 4.78 is 115. The van der Waals surface area contributed by atoms with Crippen molar-refractivity contribution in [2.45, 2.75) is 122 Å². The predicted octanol–water partition coefficient (Wildman–Crippen LogP) is 9.10. The number of ketones is 1. The van der Waals surface area contributed by atoms with Gasteiger partial charge < -0.3 is 84.2 Å². The maximum absolute atomic E-state index is 14.2. The smallest absolute Gasteiger partial charge is 0.493 e. The summed E-state index contributed by atoms with van der Waals surface area (Å²) in [6, 6.07) is 22.0. The standard InChI is InChI=1S/C76H87N8O24S/c1-45-26-56-36-78-61-34-67(65(94-9)32-59(61)74(90)82(56)38-45)100-42-53-28-52(29-54(30-53)43-101-68-35-62-60(33-66(68)95-10)75(91)83-39-46(2)27-57(83)37-79-62)41-84(7,8)40-51-13-16-58(17-14-51)107-109(92,93)108-69-31-55(63(89)12-11-20-96-22-24-98-25-23-97-21-19-80-81-77)15-18-64(69)105-76-73(104-50(6)88)72(103-49(5)87)71(102-48(4)86)70(106-76)44-99-47(3)85/h13-18,28-37,56-57,70-73,76H,1-2,11-12,19-27,38-44H2,3-10H3/q+1/t56-,57-,70+,71-,72-,73+,76?/m0/s1. The molecule has 0 bridgehead atoms. The lowest BCUT2D eigenvalue weighted by molar-refractivity contribution is -0.916. The number of amides is 2. The van der Waals surface area contributed by atoms with E-state index in [4.69, 9.17) is 85.5 Å². The number of hydrogen-bond acceptors (Lipinski definition) is 27. The number of aliphatic imine (C=N–C) groups is 2. The highest BCUT2D eigenvalue weighted by Gasteiger charge is 2.54. The molecule has 1 unspecified atom stereocenters. The van der Waals surface area contributed by atoms with Crippen LogP contribution in [0.5, 0.6) is 40.2 Å². The summed E-state index contributed by atoms with van der Waals surface area (Å²) in [5.41, 5.74) is 15.0. The van der Waals surface area contributed by atoms with Crippen LogP contribution in [0.3, 0.4) is 0 Å². The first kappa shape index (κ1) is 80.6. The van der Waals surface area contributed by atoms with Gasteiger partial charge in [-0.2, -0.15) is 0 Å². The molecule has 5 heterocycles. The van der Waals surface area contributed by atoms with Crippen molar-refractivity contribution in [3.63, 3.8) is 0 Å². The minimum Gasteiger partial charge on any atom is -0.493 e. The van der Waals surface area contributed by atoms with Gasteiger partial charge in [-0.15, -0.1) is 8.42 Å². The fraction of sp³-hybridized carbons (Fsp3) is 0.434.